The number of carbonyl (C=O) groups is 3. The third-order valence-corrected chi connectivity index (χ3v) is 4.99. The van der Waals surface area contributed by atoms with Crippen molar-refractivity contribution < 1.29 is 23.5 Å². The van der Waals surface area contributed by atoms with Crippen molar-refractivity contribution in [1.82, 2.24) is 4.90 Å². The van der Waals surface area contributed by atoms with Gasteiger partial charge in [-0.05, 0) is 43.5 Å². The molecule has 3 rings (SSSR count). The molecule has 0 spiro atoms. The molecule has 1 atom stereocenters. The van der Waals surface area contributed by atoms with Gasteiger partial charge in [0.2, 0.25) is 5.91 Å². The first-order valence-electron chi connectivity index (χ1n) is 9.42. The normalized spacial score (nSPS) is 18.2. The van der Waals surface area contributed by atoms with Crippen molar-refractivity contribution in [2.75, 3.05) is 43.1 Å². The number of carbonyl (C=O) groups excluding carboxylic acids is 3. The number of amides is 3. The first kappa shape index (κ1) is 20.2. The van der Waals surface area contributed by atoms with E-state index in [0.717, 1.165) is 12.8 Å². The van der Waals surface area contributed by atoms with Crippen molar-refractivity contribution in [2.45, 2.75) is 25.8 Å². The number of ether oxygens (including phenoxy) is 1. The summed E-state index contributed by atoms with van der Waals surface area (Å²) in [5.74, 6) is -1.91. The van der Waals surface area contributed by atoms with Crippen LogP contribution in [0.4, 0.5) is 15.8 Å². The lowest BCUT2D eigenvalue weighted by atomic mass is 10.1. The van der Waals surface area contributed by atoms with Crippen LogP contribution in [0.15, 0.2) is 18.2 Å². The van der Waals surface area contributed by atoms with Crippen molar-refractivity contribution in [1.29, 1.82) is 0 Å². The predicted molar refractivity (Wildman–Crippen MR) is 101 cm³/mol. The number of benzene rings is 1. The van der Waals surface area contributed by atoms with Crippen LogP contribution in [0.5, 0.6) is 0 Å². The number of nitrogens with two attached hydrogens (primary N) is 1. The number of nitrogens with zero attached hydrogens (tertiary/aromatic N) is 2. The summed E-state index contributed by atoms with van der Waals surface area (Å²) in [6, 6.07) is 2.94. The average Bonchev–Trinajstić information content (AvgIpc) is 3.47. The van der Waals surface area contributed by atoms with Crippen LogP contribution in [0.1, 0.15) is 19.8 Å². The third-order valence-electron chi connectivity index (χ3n) is 4.99. The van der Waals surface area contributed by atoms with E-state index in [2.05, 4.69) is 5.32 Å². The van der Waals surface area contributed by atoms with Gasteiger partial charge in [0.1, 0.15) is 12.4 Å². The van der Waals surface area contributed by atoms with Gasteiger partial charge in [-0.25, -0.2) is 4.39 Å². The van der Waals surface area contributed by atoms with Crippen LogP contribution in [0, 0.1) is 11.7 Å². The fourth-order valence-electron chi connectivity index (χ4n) is 3.29. The maximum Gasteiger partial charge on any atom is 0.253 e. The fourth-order valence-corrected chi connectivity index (χ4v) is 3.29. The van der Waals surface area contributed by atoms with Crippen LogP contribution in [0.2, 0.25) is 0 Å². The number of primary amides is 1. The molecule has 8 nitrogen and oxygen atoms in total. The zero-order valence-electron chi connectivity index (χ0n) is 15.8. The first-order valence-corrected chi connectivity index (χ1v) is 9.42. The molecule has 3 amide bonds. The highest BCUT2D eigenvalue weighted by atomic mass is 19.1. The predicted octanol–water partition coefficient (Wildman–Crippen LogP) is 0.713. The van der Waals surface area contributed by atoms with Gasteiger partial charge in [0.05, 0.1) is 12.3 Å². The number of morpholine rings is 1. The molecule has 1 saturated heterocycles. The maximum absolute atomic E-state index is 14.5. The summed E-state index contributed by atoms with van der Waals surface area (Å²) in [6.07, 6.45) is 2.14. The van der Waals surface area contributed by atoms with Crippen molar-refractivity contribution >= 4 is 29.1 Å². The van der Waals surface area contributed by atoms with Crippen molar-refractivity contribution in [3.63, 3.8) is 0 Å². The Morgan fingerprint density at radius 2 is 2.18 bits per heavy atom. The largest absolute Gasteiger partial charge is 0.370 e. The van der Waals surface area contributed by atoms with Crippen molar-refractivity contribution in [2.24, 2.45) is 11.7 Å². The summed E-state index contributed by atoms with van der Waals surface area (Å²) in [4.78, 5) is 39.6. The molecule has 1 saturated carbocycles. The molecule has 2 fully saturated rings. The quantitative estimate of drug-likeness (QED) is 0.634. The van der Waals surface area contributed by atoms with E-state index in [1.165, 1.54) is 17.0 Å². The second kappa shape index (κ2) is 8.66. The molecule has 2 aliphatic rings. The van der Waals surface area contributed by atoms with Gasteiger partial charge in [0.25, 0.3) is 11.8 Å². The minimum absolute atomic E-state index is 0.0474. The Labute approximate surface area is 162 Å². The standard InChI is InChI=1S/C19H25FN4O4/c1-2-23(10-12-3-4-12)17(18(21)26)19(27)22-15-6-5-13(9-14(15)20)24-7-8-28-11-16(24)25/h5-6,9,12,17H,2-4,7-8,10-11H2,1H3,(H2,21,26)(H,22,27)/t17-/m1/s1. The lowest BCUT2D eigenvalue weighted by Gasteiger charge is -2.28. The van der Waals surface area contributed by atoms with E-state index in [9.17, 15) is 18.8 Å². The average molecular weight is 392 g/mol. The smallest absolute Gasteiger partial charge is 0.253 e. The lowest BCUT2D eigenvalue weighted by Crippen LogP contribution is -2.52. The van der Waals surface area contributed by atoms with Crippen LogP contribution in [0.25, 0.3) is 0 Å². The Bertz CT molecular complexity index is 768. The Morgan fingerprint density at radius 1 is 1.43 bits per heavy atom. The van der Waals surface area contributed by atoms with E-state index in [-0.39, 0.29) is 18.2 Å². The number of hydrogen-bond acceptors (Lipinski definition) is 5. The van der Waals surface area contributed by atoms with Gasteiger partial charge in [-0.3, -0.25) is 19.3 Å². The van der Waals surface area contributed by atoms with E-state index in [0.29, 0.717) is 37.8 Å². The van der Waals surface area contributed by atoms with E-state index in [1.807, 2.05) is 6.92 Å². The van der Waals surface area contributed by atoms with Gasteiger partial charge < -0.3 is 20.7 Å². The third kappa shape index (κ3) is 4.66. The highest BCUT2D eigenvalue weighted by Gasteiger charge is 2.34. The molecule has 1 heterocycles. The monoisotopic (exact) mass is 392 g/mol. The van der Waals surface area contributed by atoms with Crippen LogP contribution in [0.3, 0.4) is 0 Å². The van der Waals surface area contributed by atoms with Gasteiger partial charge in [0.15, 0.2) is 6.04 Å². The van der Waals surface area contributed by atoms with Gasteiger partial charge in [-0.15, -0.1) is 0 Å². The highest BCUT2D eigenvalue weighted by molar-refractivity contribution is 6.09. The Balaban J connectivity index is 1.72. The van der Waals surface area contributed by atoms with Crippen molar-refractivity contribution in [3.05, 3.63) is 24.0 Å². The fraction of sp³-hybridized carbons (Fsp3) is 0.526. The Kier molecular flexibility index (Phi) is 6.25. The second-order valence-corrected chi connectivity index (χ2v) is 7.09. The Hall–Kier alpha value is -2.52. The molecule has 1 aromatic rings. The van der Waals surface area contributed by atoms with E-state index in [1.54, 1.807) is 11.0 Å². The molecule has 0 radical (unpaired) electrons. The molecule has 0 bridgehead atoms. The Morgan fingerprint density at radius 3 is 2.75 bits per heavy atom. The van der Waals surface area contributed by atoms with Gasteiger partial charge in [-0.2, -0.15) is 0 Å². The zero-order valence-corrected chi connectivity index (χ0v) is 15.8. The van der Waals surface area contributed by atoms with E-state index < -0.39 is 23.7 Å². The number of likely N-dealkylation sites (N-methyl/N-ethyl adjacent to an activating group) is 1. The number of halogens is 1. The van der Waals surface area contributed by atoms with Crippen LogP contribution in [-0.4, -0.2) is 61.5 Å². The maximum atomic E-state index is 14.5. The molecular formula is C19H25FN4O4. The first-order chi connectivity index (χ1) is 13.4. The molecule has 152 valence electrons. The molecule has 9 heteroatoms. The number of hydrogen-bond donors (Lipinski definition) is 2. The molecule has 0 aromatic heterocycles. The molecular weight excluding hydrogens is 367 g/mol. The molecule has 1 aliphatic carbocycles. The lowest BCUT2D eigenvalue weighted by molar-refractivity contribution is -0.132. The number of anilines is 2. The van der Waals surface area contributed by atoms with Gasteiger partial charge >= 0.3 is 0 Å². The SMILES string of the molecule is CCN(CC1CC1)[C@H](C(N)=O)C(=O)Nc1ccc(N2CCOCC2=O)cc1F. The van der Waals surface area contributed by atoms with Gasteiger partial charge in [-0.1, -0.05) is 6.92 Å². The molecule has 1 aliphatic heterocycles. The number of rotatable bonds is 8. The molecule has 28 heavy (non-hydrogen) atoms. The summed E-state index contributed by atoms with van der Waals surface area (Å²) in [6.45, 7) is 3.60. The van der Waals surface area contributed by atoms with Gasteiger partial charge in [0, 0.05) is 18.8 Å². The second-order valence-electron chi connectivity index (χ2n) is 7.09. The molecule has 0 unspecified atom stereocenters. The summed E-state index contributed by atoms with van der Waals surface area (Å²) in [5.41, 5.74) is 5.77. The highest BCUT2D eigenvalue weighted by Crippen LogP contribution is 2.30. The minimum Gasteiger partial charge on any atom is -0.370 e. The summed E-state index contributed by atoms with van der Waals surface area (Å²) < 4.78 is 19.6. The minimum atomic E-state index is -1.16. The van der Waals surface area contributed by atoms with Crippen LogP contribution < -0.4 is 16.0 Å². The van der Waals surface area contributed by atoms with Crippen LogP contribution >= 0.6 is 0 Å². The topological polar surface area (TPSA) is 105 Å². The van der Waals surface area contributed by atoms with E-state index >= 15 is 0 Å². The number of nitrogens with one attached hydrogen (secondary N) is 1. The van der Waals surface area contributed by atoms with Crippen molar-refractivity contribution in [3.8, 4) is 0 Å². The summed E-state index contributed by atoms with van der Waals surface area (Å²) in [5, 5.41) is 2.46. The summed E-state index contributed by atoms with van der Waals surface area (Å²) in [7, 11) is 0. The molecule has 3 N–H and O–H groups in total. The zero-order chi connectivity index (χ0) is 20.3. The van der Waals surface area contributed by atoms with Crippen LogP contribution in [-0.2, 0) is 19.1 Å². The molecule has 1 aromatic carbocycles. The van der Waals surface area contributed by atoms with E-state index in [4.69, 9.17) is 10.5 Å². The summed E-state index contributed by atoms with van der Waals surface area (Å²) >= 11 is 0.